The lowest BCUT2D eigenvalue weighted by Crippen LogP contribution is -2.49. The summed E-state index contributed by atoms with van der Waals surface area (Å²) in [6, 6.07) is -0.433. The van der Waals surface area contributed by atoms with Gasteiger partial charge >= 0.3 is 5.97 Å². The molecule has 3 atom stereocenters. The van der Waals surface area contributed by atoms with Crippen molar-refractivity contribution in [3.63, 3.8) is 0 Å². The molecule has 0 saturated carbocycles. The smallest absolute Gasteiger partial charge is 0.320 e. The van der Waals surface area contributed by atoms with E-state index < -0.39 is 12.0 Å². The fourth-order valence-electron chi connectivity index (χ4n) is 2.21. The molecule has 1 fully saturated rings. The maximum Gasteiger partial charge on any atom is 0.320 e. The van der Waals surface area contributed by atoms with Gasteiger partial charge in [0.1, 0.15) is 6.04 Å². The van der Waals surface area contributed by atoms with E-state index in [2.05, 4.69) is 6.92 Å². The molecule has 2 N–H and O–H groups in total. The van der Waals surface area contributed by atoms with E-state index in [1.165, 1.54) is 0 Å². The first kappa shape index (κ1) is 12.5. The largest absolute Gasteiger partial charge is 0.480 e. The van der Waals surface area contributed by atoms with Gasteiger partial charge in [-0.05, 0) is 25.7 Å². The van der Waals surface area contributed by atoms with E-state index in [4.69, 9.17) is 5.11 Å². The molecule has 0 bridgehead atoms. The number of rotatable bonds is 4. The zero-order chi connectivity index (χ0) is 11.4. The van der Waals surface area contributed by atoms with Crippen molar-refractivity contribution in [2.24, 2.45) is 5.92 Å². The molecule has 0 aromatic heterocycles. The number of aliphatic hydroxyl groups excluding tert-OH is 1. The highest BCUT2D eigenvalue weighted by atomic mass is 16.4. The summed E-state index contributed by atoms with van der Waals surface area (Å²) in [6.07, 6.45) is 2.46. The lowest BCUT2D eigenvalue weighted by molar-refractivity contribution is -0.144. The van der Waals surface area contributed by atoms with Crippen molar-refractivity contribution in [2.45, 2.75) is 45.3 Å². The van der Waals surface area contributed by atoms with Crippen LogP contribution in [0.3, 0.4) is 0 Å². The second kappa shape index (κ2) is 5.47. The fraction of sp³-hybridized carbons (Fsp3) is 0.909. The minimum Gasteiger partial charge on any atom is -0.480 e. The number of aliphatic carboxylic acids is 1. The normalized spacial score (nSPS) is 30.1. The monoisotopic (exact) mass is 215 g/mol. The van der Waals surface area contributed by atoms with Gasteiger partial charge in [0, 0.05) is 13.1 Å². The van der Waals surface area contributed by atoms with E-state index in [0.717, 1.165) is 12.8 Å². The van der Waals surface area contributed by atoms with Crippen molar-refractivity contribution in [2.75, 3.05) is 13.1 Å². The average Bonchev–Trinajstić information content (AvgIpc) is 2.20. The third-order valence-corrected chi connectivity index (χ3v) is 3.29. The molecule has 4 heteroatoms. The van der Waals surface area contributed by atoms with E-state index in [1.54, 1.807) is 6.92 Å². The summed E-state index contributed by atoms with van der Waals surface area (Å²) in [7, 11) is 0. The van der Waals surface area contributed by atoms with E-state index in [-0.39, 0.29) is 12.0 Å². The molecule has 1 aliphatic rings. The average molecular weight is 215 g/mol. The van der Waals surface area contributed by atoms with Gasteiger partial charge in [-0.3, -0.25) is 9.69 Å². The van der Waals surface area contributed by atoms with Crippen LogP contribution in [0.15, 0.2) is 0 Å². The van der Waals surface area contributed by atoms with Crippen LogP contribution < -0.4 is 0 Å². The first-order valence-corrected chi connectivity index (χ1v) is 5.71. The second-order valence-corrected chi connectivity index (χ2v) is 4.41. The predicted molar refractivity (Wildman–Crippen MR) is 57.7 cm³/mol. The quantitative estimate of drug-likeness (QED) is 0.732. The number of hydrogen-bond acceptors (Lipinski definition) is 3. The molecule has 0 spiro atoms. The van der Waals surface area contributed by atoms with Gasteiger partial charge in [0.05, 0.1) is 6.10 Å². The second-order valence-electron chi connectivity index (χ2n) is 4.41. The van der Waals surface area contributed by atoms with Crippen LogP contribution in [-0.2, 0) is 4.79 Å². The summed E-state index contributed by atoms with van der Waals surface area (Å²) in [5.74, 6) is -0.535. The molecule has 0 aromatic rings. The van der Waals surface area contributed by atoms with Crippen LogP contribution in [0.5, 0.6) is 0 Å². The van der Waals surface area contributed by atoms with Crippen LogP contribution in [0.2, 0.25) is 0 Å². The van der Waals surface area contributed by atoms with E-state index >= 15 is 0 Å². The van der Waals surface area contributed by atoms with Gasteiger partial charge in [0.15, 0.2) is 0 Å². The van der Waals surface area contributed by atoms with Crippen LogP contribution >= 0.6 is 0 Å². The molecule has 0 aliphatic carbocycles. The van der Waals surface area contributed by atoms with E-state index in [1.807, 2.05) is 4.90 Å². The van der Waals surface area contributed by atoms with Gasteiger partial charge in [-0.25, -0.2) is 0 Å². The Balaban J connectivity index is 2.53. The van der Waals surface area contributed by atoms with E-state index in [0.29, 0.717) is 19.5 Å². The summed E-state index contributed by atoms with van der Waals surface area (Å²) in [5.41, 5.74) is 0. The minimum absolute atomic E-state index is 0.241. The molecule has 1 saturated heterocycles. The van der Waals surface area contributed by atoms with Gasteiger partial charge in [0.25, 0.3) is 0 Å². The third-order valence-electron chi connectivity index (χ3n) is 3.29. The number of hydrogen-bond donors (Lipinski definition) is 2. The minimum atomic E-state index is -0.776. The highest BCUT2D eigenvalue weighted by Gasteiger charge is 2.31. The lowest BCUT2D eigenvalue weighted by Gasteiger charge is -2.38. The molecule has 4 nitrogen and oxygen atoms in total. The highest BCUT2D eigenvalue weighted by molar-refractivity contribution is 5.72. The summed E-state index contributed by atoms with van der Waals surface area (Å²) in [4.78, 5) is 12.8. The van der Waals surface area contributed by atoms with Crippen molar-refractivity contribution >= 4 is 5.97 Å². The maximum atomic E-state index is 10.8. The number of likely N-dealkylation sites (tertiary alicyclic amines) is 1. The van der Waals surface area contributed by atoms with E-state index in [9.17, 15) is 9.90 Å². The molecular formula is C11H21NO3. The standard InChI is InChI=1S/C11H21NO3/c1-3-4-9-7-12(6-5-10(9)13)8(2)11(14)15/h8-10,13H,3-7H2,1-2H3,(H,14,15)/t8-,9+,10-/m0/s1. The first-order valence-electron chi connectivity index (χ1n) is 5.71. The molecular weight excluding hydrogens is 194 g/mol. The summed E-state index contributed by atoms with van der Waals surface area (Å²) in [5, 5.41) is 18.7. The zero-order valence-electron chi connectivity index (χ0n) is 9.52. The topological polar surface area (TPSA) is 60.8 Å². The van der Waals surface area contributed by atoms with Gasteiger partial charge in [-0.1, -0.05) is 13.3 Å². The molecule has 88 valence electrons. The molecule has 0 radical (unpaired) electrons. The van der Waals surface area contributed by atoms with Crippen molar-refractivity contribution in [1.29, 1.82) is 0 Å². The van der Waals surface area contributed by atoms with Gasteiger partial charge in [0.2, 0.25) is 0 Å². The van der Waals surface area contributed by atoms with Gasteiger partial charge in [-0.2, -0.15) is 0 Å². The molecule has 15 heavy (non-hydrogen) atoms. The molecule has 0 unspecified atom stereocenters. The Kier molecular flexibility index (Phi) is 4.54. The molecule has 1 rings (SSSR count). The third kappa shape index (κ3) is 3.18. The van der Waals surface area contributed by atoms with Crippen molar-refractivity contribution in [3.8, 4) is 0 Å². The van der Waals surface area contributed by atoms with Crippen LogP contribution in [0.1, 0.15) is 33.1 Å². The molecule has 1 heterocycles. The number of carboxylic acid groups (broad SMARTS) is 1. The number of carboxylic acids is 1. The Bertz CT molecular complexity index is 220. The molecule has 0 aromatic carbocycles. The Morgan fingerprint density at radius 2 is 2.27 bits per heavy atom. The fourth-order valence-corrected chi connectivity index (χ4v) is 2.21. The van der Waals surface area contributed by atoms with Crippen molar-refractivity contribution < 1.29 is 15.0 Å². The summed E-state index contributed by atoms with van der Waals surface area (Å²) >= 11 is 0. The Morgan fingerprint density at radius 3 is 2.80 bits per heavy atom. The first-order chi connectivity index (χ1) is 7.06. The zero-order valence-corrected chi connectivity index (χ0v) is 9.52. The van der Waals surface area contributed by atoms with Crippen LogP contribution in [0.25, 0.3) is 0 Å². The SMILES string of the molecule is CCC[C@@H]1CN([C@@H](C)C(=O)O)CC[C@@H]1O. The number of aliphatic hydroxyl groups is 1. The number of nitrogens with zero attached hydrogens (tertiary/aromatic N) is 1. The Morgan fingerprint density at radius 1 is 1.60 bits per heavy atom. The molecule has 1 aliphatic heterocycles. The number of piperidine rings is 1. The van der Waals surface area contributed by atoms with Crippen LogP contribution in [0, 0.1) is 5.92 Å². The molecule has 0 amide bonds. The van der Waals surface area contributed by atoms with Crippen LogP contribution in [0.4, 0.5) is 0 Å². The van der Waals surface area contributed by atoms with Gasteiger partial charge in [-0.15, -0.1) is 0 Å². The maximum absolute atomic E-state index is 10.8. The van der Waals surface area contributed by atoms with Crippen LogP contribution in [-0.4, -0.2) is 46.3 Å². The van der Waals surface area contributed by atoms with Crippen molar-refractivity contribution in [1.82, 2.24) is 4.90 Å². The van der Waals surface area contributed by atoms with Gasteiger partial charge < -0.3 is 10.2 Å². The number of carbonyl (C=O) groups is 1. The summed E-state index contributed by atoms with van der Waals surface area (Å²) in [6.45, 7) is 5.20. The highest BCUT2D eigenvalue weighted by Crippen LogP contribution is 2.22. The predicted octanol–water partition coefficient (Wildman–Crippen LogP) is 0.942. The van der Waals surface area contributed by atoms with Crippen molar-refractivity contribution in [3.05, 3.63) is 0 Å². The Labute approximate surface area is 90.9 Å². The summed E-state index contributed by atoms with van der Waals surface area (Å²) < 4.78 is 0. The Hall–Kier alpha value is -0.610. The lowest BCUT2D eigenvalue weighted by atomic mass is 9.90.